The molecule has 0 bridgehead atoms. The van der Waals surface area contributed by atoms with Gasteiger partial charge in [0.05, 0.1) is 6.26 Å². The number of nitrogens with one attached hydrogen (secondary N) is 2. The molecule has 2 N–H and O–H groups in total. The van der Waals surface area contributed by atoms with Gasteiger partial charge < -0.3 is 10.2 Å². The van der Waals surface area contributed by atoms with Crippen molar-refractivity contribution in [1.29, 1.82) is 0 Å². The zero-order valence-electron chi connectivity index (χ0n) is 12.0. The molecular formula is C13H17N5O2S. The molecule has 0 aliphatic heterocycles. The first-order chi connectivity index (χ1) is 9.83. The second kappa shape index (κ2) is 5.96. The van der Waals surface area contributed by atoms with E-state index in [2.05, 4.69) is 20.2 Å². The molecule has 21 heavy (non-hydrogen) atoms. The average molecular weight is 307 g/mol. The largest absolute Gasteiger partial charge is 0.378 e. The van der Waals surface area contributed by atoms with Crippen LogP contribution in [0.5, 0.6) is 0 Å². The summed E-state index contributed by atoms with van der Waals surface area (Å²) in [5.41, 5.74) is 1.97. The van der Waals surface area contributed by atoms with Gasteiger partial charge in [-0.2, -0.15) is 0 Å². The SMILES string of the molecule is CN(C)c1ccc(Nc2ccc(NS(C)(=O)=O)nn2)cc1. The first-order valence-corrected chi connectivity index (χ1v) is 8.08. The molecule has 0 unspecified atom stereocenters. The molecule has 2 rings (SSSR count). The summed E-state index contributed by atoms with van der Waals surface area (Å²) >= 11 is 0. The Hall–Kier alpha value is -2.35. The fourth-order valence-corrected chi connectivity index (χ4v) is 2.12. The molecule has 0 aliphatic rings. The topological polar surface area (TPSA) is 87.2 Å². The Morgan fingerprint density at radius 3 is 2.00 bits per heavy atom. The van der Waals surface area contributed by atoms with Crippen molar-refractivity contribution in [3.8, 4) is 0 Å². The van der Waals surface area contributed by atoms with Crippen molar-refractivity contribution < 1.29 is 8.42 Å². The Kier molecular flexibility index (Phi) is 4.27. The van der Waals surface area contributed by atoms with Gasteiger partial charge >= 0.3 is 0 Å². The molecule has 0 saturated heterocycles. The second-order valence-electron chi connectivity index (χ2n) is 4.74. The molecule has 0 saturated carbocycles. The van der Waals surface area contributed by atoms with Crippen LogP contribution in [0.3, 0.4) is 0 Å². The molecule has 0 atom stereocenters. The van der Waals surface area contributed by atoms with E-state index in [9.17, 15) is 8.42 Å². The molecule has 0 spiro atoms. The Balaban J connectivity index is 2.06. The van der Waals surface area contributed by atoms with Crippen molar-refractivity contribution in [3.05, 3.63) is 36.4 Å². The molecule has 8 heteroatoms. The monoisotopic (exact) mass is 307 g/mol. The second-order valence-corrected chi connectivity index (χ2v) is 6.49. The summed E-state index contributed by atoms with van der Waals surface area (Å²) in [5, 5.41) is 10.8. The highest BCUT2D eigenvalue weighted by molar-refractivity contribution is 7.92. The molecule has 0 amide bonds. The highest BCUT2D eigenvalue weighted by Gasteiger charge is 2.04. The minimum absolute atomic E-state index is 0.186. The van der Waals surface area contributed by atoms with Gasteiger partial charge in [-0.25, -0.2) is 8.42 Å². The molecule has 0 aliphatic carbocycles. The number of nitrogens with zero attached hydrogens (tertiary/aromatic N) is 3. The van der Waals surface area contributed by atoms with Crippen LogP contribution in [0.1, 0.15) is 0 Å². The van der Waals surface area contributed by atoms with Gasteiger partial charge in [0.1, 0.15) is 0 Å². The van der Waals surface area contributed by atoms with Crippen molar-refractivity contribution >= 4 is 33.0 Å². The zero-order chi connectivity index (χ0) is 15.5. The van der Waals surface area contributed by atoms with Gasteiger partial charge in [-0.15, -0.1) is 10.2 Å². The summed E-state index contributed by atoms with van der Waals surface area (Å²) in [6.07, 6.45) is 1.06. The van der Waals surface area contributed by atoms with Crippen LogP contribution in [-0.2, 0) is 10.0 Å². The van der Waals surface area contributed by atoms with Crippen LogP contribution in [0.15, 0.2) is 36.4 Å². The van der Waals surface area contributed by atoms with Gasteiger partial charge in [0.2, 0.25) is 10.0 Å². The molecule has 7 nitrogen and oxygen atoms in total. The van der Waals surface area contributed by atoms with E-state index in [0.717, 1.165) is 17.6 Å². The van der Waals surface area contributed by atoms with Crippen molar-refractivity contribution in [2.45, 2.75) is 0 Å². The molecule has 1 heterocycles. The number of rotatable bonds is 5. The number of sulfonamides is 1. The lowest BCUT2D eigenvalue weighted by Crippen LogP contribution is -2.11. The maximum atomic E-state index is 11.1. The summed E-state index contributed by atoms with van der Waals surface area (Å²) in [7, 11) is 0.608. The van der Waals surface area contributed by atoms with E-state index in [1.54, 1.807) is 12.1 Å². The van der Waals surface area contributed by atoms with E-state index in [0.29, 0.717) is 5.82 Å². The zero-order valence-corrected chi connectivity index (χ0v) is 12.8. The summed E-state index contributed by atoms with van der Waals surface area (Å²) < 4.78 is 24.4. The maximum absolute atomic E-state index is 11.1. The lowest BCUT2D eigenvalue weighted by atomic mass is 10.2. The van der Waals surface area contributed by atoms with Crippen molar-refractivity contribution in [2.24, 2.45) is 0 Å². The molecule has 0 radical (unpaired) electrons. The normalized spacial score (nSPS) is 11.0. The molecule has 1 aromatic heterocycles. The van der Waals surface area contributed by atoms with Crippen molar-refractivity contribution in [3.63, 3.8) is 0 Å². The highest BCUT2D eigenvalue weighted by Crippen LogP contribution is 2.19. The number of benzene rings is 1. The van der Waals surface area contributed by atoms with Gasteiger partial charge in [-0.3, -0.25) is 4.72 Å². The quantitative estimate of drug-likeness (QED) is 0.873. The first kappa shape index (κ1) is 15.0. The fraction of sp³-hybridized carbons (Fsp3) is 0.231. The lowest BCUT2D eigenvalue weighted by molar-refractivity contribution is 0.606. The minimum atomic E-state index is -3.34. The van der Waals surface area contributed by atoms with E-state index in [-0.39, 0.29) is 5.82 Å². The molecule has 112 valence electrons. The summed E-state index contributed by atoms with van der Waals surface area (Å²) in [4.78, 5) is 2.01. The predicted molar refractivity (Wildman–Crippen MR) is 84.6 cm³/mol. The summed E-state index contributed by atoms with van der Waals surface area (Å²) in [6, 6.07) is 11.0. The van der Waals surface area contributed by atoms with Crippen LogP contribution in [0.25, 0.3) is 0 Å². The van der Waals surface area contributed by atoms with E-state index in [1.807, 2.05) is 43.3 Å². The standard InChI is InChI=1S/C13H17N5O2S/c1-18(2)11-6-4-10(5-7-11)14-12-8-9-13(16-15-12)17-21(3,19)20/h4-9H,1-3H3,(H,14,15)(H,16,17). The van der Waals surface area contributed by atoms with Crippen LogP contribution >= 0.6 is 0 Å². The number of aromatic nitrogens is 2. The van der Waals surface area contributed by atoms with Gasteiger partial charge in [-0.05, 0) is 36.4 Å². The number of hydrogen-bond donors (Lipinski definition) is 2. The first-order valence-electron chi connectivity index (χ1n) is 6.19. The average Bonchev–Trinajstić information content (AvgIpc) is 2.40. The third-order valence-electron chi connectivity index (χ3n) is 2.61. The lowest BCUT2D eigenvalue weighted by Gasteiger charge is -2.13. The van der Waals surface area contributed by atoms with E-state index in [1.165, 1.54) is 0 Å². The van der Waals surface area contributed by atoms with Crippen LogP contribution in [0.2, 0.25) is 0 Å². The smallest absolute Gasteiger partial charge is 0.231 e. The van der Waals surface area contributed by atoms with Gasteiger partial charge in [-0.1, -0.05) is 0 Å². The summed E-state index contributed by atoms with van der Waals surface area (Å²) in [5.74, 6) is 0.720. The Morgan fingerprint density at radius 1 is 0.952 bits per heavy atom. The van der Waals surface area contributed by atoms with Crippen LogP contribution in [-0.4, -0.2) is 39.0 Å². The van der Waals surface area contributed by atoms with Gasteiger partial charge in [0.15, 0.2) is 11.6 Å². The Morgan fingerprint density at radius 2 is 1.52 bits per heavy atom. The van der Waals surface area contributed by atoms with E-state index in [4.69, 9.17) is 0 Å². The number of hydrogen-bond acceptors (Lipinski definition) is 6. The van der Waals surface area contributed by atoms with E-state index >= 15 is 0 Å². The van der Waals surface area contributed by atoms with Gasteiger partial charge in [0.25, 0.3) is 0 Å². The van der Waals surface area contributed by atoms with Gasteiger partial charge in [0, 0.05) is 25.5 Å². The molecule has 2 aromatic rings. The Labute approximate surface area is 124 Å². The van der Waals surface area contributed by atoms with Crippen LogP contribution < -0.4 is 14.9 Å². The third kappa shape index (κ3) is 4.60. The van der Waals surface area contributed by atoms with Crippen molar-refractivity contribution in [2.75, 3.05) is 35.3 Å². The number of anilines is 4. The summed E-state index contributed by atoms with van der Waals surface area (Å²) in [6.45, 7) is 0. The predicted octanol–water partition coefficient (Wildman–Crippen LogP) is 1.66. The third-order valence-corrected chi connectivity index (χ3v) is 3.19. The minimum Gasteiger partial charge on any atom is -0.378 e. The fourth-order valence-electron chi connectivity index (χ4n) is 1.63. The molecule has 0 fully saturated rings. The van der Waals surface area contributed by atoms with Crippen LogP contribution in [0.4, 0.5) is 23.0 Å². The highest BCUT2D eigenvalue weighted by atomic mass is 32.2. The van der Waals surface area contributed by atoms with Crippen LogP contribution in [0, 0.1) is 0 Å². The maximum Gasteiger partial charge on any atom is 0.231 e. The van der Waals surface area contributed by atoms with Crippen molar-refractivity contribution in [1.82, 2.24) is 10.2 Å². The Bertz CT molecular complexity index is 696. The van der Waals surface area contributed by atoms with E-state index < -0.39 is 10.0 Å². The molecule has 1 aromatic carbocycles. The molecular weight excluding hydrogens is 290 g/mol.